The van der Waals surface area contributed by atoms with Crippen LogP contribution in [-0.4, -0.2) is 21.0 Å². The fraction of sp³-hybridized carbons (Fsp3) is 0.188. The molecule has 0 aliphatic carbocycles. The molecule has 23 heavy (non-hydrogen) atoms. The monoisotopic (exact) mass is 373 g/mol. The Morgan fingerprint density at radius 1 is 1.17 bits per heavy atom. The van der Waals surface area contributed by atoms with Gasteiger partial charge < -0.3 is 15.8 Å². The van der Waals surface area contributed by atoms with E-state index in [1.54, 1.807) is 6.20 Å². The van der Waals surface area contributed by atoms with Gasteiger partial charge in [0.25, 0.3) is 0 Å². The average Bonchev–Trinajstić information content (AvgIpc) is 2.53. The fourth-order valence-corrected chi connectivity index (χ4v) is 2.60. The summed E-state index contributed by atoms with van der Waals surface area (Å²) in [4.78, 5) is 12.7. The van der Waals surface area contributed by atoms with Gasteiger partial charge in [0.1, 0.15) is 17.5 Å². The number of nitrogen functional groups attached to an aromatic ring is 1. The van der Waals surface area contributed by atoms with Crippen LogP contribution in [0.5, 0.6) is 11.6 Å². The molecular weight excluding hydrogens is 358 g/mol. The van der Waals surface area contributed by atoms with Crippen LogP contribution in [0.3, 0.4) is 0 Å². The minimum Gasteiger partial charge on any atom is -0.435 e. The number of aromatic nitrogens is 3. The Bertz CT molecular complexity index is 853. The van der Waals surface area contributed by atoms with E-state index in [0.717, 1.165) is 15.4 Å². The SMILES string of the molecule is CC(C)Nc1ncnc(Oc2ccc(Br)c3cccnc23)c1N. The zero-order valence-electron chi connectivity index (χ0n) is 12.7. The zero-order chi connectivity index (χ0) is 16.4. The van der Waals surface area contributed by atoms with Gasteiger partial charge in [-0.2, -0.15) is 4.98 Å². The molecule has 2 aromatic heterocycles. The fourth-order valence-electron chi connectivity index (χ4n) is 2.15. The molecule has 0 spiro atoms. The van der Waals surface area contributed by atoms with E-state index < -0.39 is 0 Å². The van der Waals surface area contributed by atoms with Crippen molar-refractivity contribution in [3.05, 3.63) is 41.3 Å². The summed E-state index contributed by atoms with van der Waals surface area (Å²) < 4.78 is 6.85. The van der Waals surface area contributed by atoms with E-state index in [-0.39, 0.29) is 6.04 Å². The molecule has 3 N–H and O–H groups in total. The number of rotatable bonds is 4. The lowest BCUT2D eigenvalue weighted by atomic mass is 10.2. The number of nitrogens with one attached hydrogen (secondary N) is 1. The third-order valence-electron chi connectivity index (χ3n) is 3.16. The summed E-state index contributed by atoms with van der Waals surface area (Å²) in [6, 6.07) is 7.78. The third-order valence-corrected chi connectivity index (χ3v) is 3.85. The number of fused-ring (bicyclic) bond motifs is 1. The molecule has 0 saturated heterocycles. The smallest absolute Gasteiger partial charge is 0.248 e. The number of ether oxygens (including phenoxy) is 1. The summed E-state index contributed by atoms with van der Waals surface area (Å²) in [5, 5.41) is 4.12. The quantitative estimate of drug-likeness (QED) is 0.719. The van der Waals surface area contributed by atoms with Crippen LogP contribution in [-0.2, 0) is 0 Å². The van der Waals surface area contributed by atoms with Gasteiger partial charge in [0, 0.05) is 22.1 Å². The normalized spacial score (nSPS) is 11.0. The maximum absolute atomic E-state index is 6.11. The summed E-state index contributed by atoms with van der Waals surface area (Å²) >= 11 is 3.51. The molecule has 1 aromatic carbocycles. The molecule has 118 valence electrons. The van der Waals surface area contributed by atoms with Crippen molar-refractivity contribution < 1.29 is 4.74 Å². The number of pyridine rings is 1. The standard InChI is InChI=1S/C16H16BrN5O/c1-9(2)22-15-13(18)16(21-8-20-15)23-12-6-5-11(17)10-4-3-7-19-14(10)12/h3-9H,18H2,1-2H3,(H,20,21,22). The van der Waals surface area contributed by atoms with Crippen molar-refractivity contribution in [1.82, 2.24) is 15.0 Å². The highest BCUT2D eigenvalue weighted by Gasteiger charge is 2.13. The summed E-state index contributed by atoms with van der Waals surface area (Å²) in [6.45, 7) is 4.02. The van der Waals surface area contributed by atoms with Crippen molar-refractivity contribution in [3.8, 4) is 11.6 Å². The van der Waals surface area contributed by atoms with Crippen LogP contribution >= 0.6 is 15.9 Å². The van der Waals surface area contributed by atoms with Gasteiger partial charge in [-0.3, -0.25) is 4.98 Å². The molecule has 6 nitrogen and oxygen atoms in total. The third kappa shape index (κ3) is 3.19. The topological polar surface area (TPSA) is 86.0 Å². The lowest BCUT2D eigenvalue weighted by Gasteiger charge is -2.14. The first kappa shape index (κ1) is 15.5. The predicted molar refractivity (Wildman–Crippen MR) is 94.7 cm³/mol. The summed E-state index contributed by atoms with van der Waals surface area (Å²) in [7, 11) is 0. The first-order valence-corrected chi connectivity index (χ1v) is 7.93. The molecule has 7 heteroatoms. The zero-order valence-corrected chi connectivity index (χ0v) is 14.3. The van der Waals surface area contributed by atoms with Crippen LogP contribution in [0.25, 0.3) is 10.9 Å². The molecule has 0 unspecified atom stereocenters. The molecule has 0 fully saturated rings. The van der Waals surface area contributed by atoms with E-state index in [1.807, 2.05) is 38.1 Å². The van der Waals surface area contributed by atoms with Crippen molar-refractivity contribution in [2.45, 2.75) is 19.9 Å². The number of hydrogen-bond acceptors (Lipinski definition) is 6. The molecule has 0 amide bonds. The number of nitrogens with two attached hydrogens (primary N) is 1. The summed E-state index contributed by atoms with van der Waals surface area (Å²) in [5.74, 6) is 1.45. The van der Waals surface area contributed by atoms with E-state index in [0.29, 0.717) is 23.1 Å². The maximum atomic E-state index is 6.11. The first-order valence-electron chi connectivity index (χ1n) is 7.14. The Morgan fingerprint density at radius 3 is 2.78 bits per heavy atom. The lowest BCUT2D eigenvalue weighted by Crippen LogP contribution is -2.13. The molecule has 3 rings (SSSR count). The van der Waals surface area contributed by atoms with Gasteiger partial charge in [-0.25, -0.2) is 4.98 Å². The second-order valence-corrected chi connectivity index (χ2v) is 6.14. The second-order valence-electron chi connectivity index (χ2n) is 5.29. The van der Waals surface area contributed by atoms with Crippen LogP contribution in [0.2, 0.25) is 0 Å². The molecule has 0 bridgehead atoms. The highest BCUT2D eigenvalue weighted by atomic mass is 79.9. The maximum Gasteiger partial charge on any atom is 0.248 e. The highest BCUT2D eigenvalue weighted by molar-refractivity contribution is 9.10. The summed E-state index contributed by atoms with van der Waals surface area (Å²) in [5.41, 5.74) is 7.21. The van der Waals surface area contributed by atoms with Gasteiger partial charge in [0.15, 0.2) is 11.6 Å². The van der Waals surface area contributed by atoms with Crippen LogP contribution < -0.4 is 15.8 Å². The van der Waals surface area contributed by atoms with Crippen LogP contribution in [0.4, 0.5) is 11.5 Å². The van der Waals surface area contributed by atoms with E-state index in [1.165, 1.54) is 6.33 Å². The molecule has 0 radical (unpaired) electrons. The molecule has 0 saturated carbocycles. The molecular formula is C16H16BrN5O. The van der Waals surface area contributed by atoms with Crippen molar-refractivity contribution in [2.24, 2.45) is 0 Å². The molecule has 2 heterocycles. The van der Waals surface area contributed by atoms with Crippen molar-refractivity contribution in [2.75, 3.05) is 11.1 Å². The van der Waals surface area contributed by atoms with Crippen LogP contribution in [0, 0.1) is 0 Å². The Labute approximate surface area is 142 Å². The van der Waals surface area contributed by atoms with E-state index in [2.05, 4.69) is 36.2 Å². The number of hydrogen-bond donors (Lipinski definition) is 2. The number of benzene rings is 1. The second kappa shape index (κ2) is 6.37. The highest BCUT2D eigenvalue weighted by Crippen LogP contribution is 2.35. The predicted octanol–water partition coefficient (Wildman–Crippen LogP) is 3.98. The van der Waals surface area contributed by atoms with Gasteiger partial charge in [0.2, 0.25) is 5.88 Å². The van der Waals surface area contributed by atoms with E-state index >= 15 is 0 Å². The van der Waals surface area contributed by atoms with Crippen LogP contribution in [0.15, 0.2) is 41.3 Å². The number of halogens is 1. The van der Waals surface area contributed by atoms with E-state index in [4.69, 9.17) is 10.5 Å². The minimum absolute atomic E-state index is 0.204. The average molecular weight is 374 g/mol. The van der Waals surface area contributed by atoms with Gasteiger partial charge in [-0.1, -0.05) is 22.0 Å². The van der Waals surface area contributed by atoms with Gasteiger partial charge in [-0.05, 0) is 32.0 Å². The minimum atomic E-state index is 0.204. The van der Waals surface area contributed by atoms with Gasteiger partial charge in [0.05, 0.1) is 0 Å². The molecule has 3 aromatic rings. The van der Waals surface area contributed by atoms with Crippen molar-refractivity contribution in [1.29, 1.82) is 0 Å². The molecule has 0 aliphatic rings. The Hall–Kier alpha value is -2.41. The van der Waals surface area contributed by atoms with Gasteiger partial charge in [-0.15, -0.1) is 0 Å². The largest absolute Gasteiger partial charge is 0.435 e. The Balaban J connectivity index is 2.02. The first-order chi connectivity index (χ1) is 11.1. The summed E-state index contributed by atoms with van der Waals surface area (Å²) in [6.07, 6.45) is 3.14. The Morgan fingerprint density at radius 2 is 2.00 bits per heavy atom. The van der Waals surface area contributed by atoms with Gasteiger partial charge >= 0.3 is 0 Å². The number of anilines is 2. The van der Waals surface area contributed by atoms with Crippen LogP contribution in [0.1, 0.15) is 13.8 Å². The molecule has 0 atom stereocenters. The number of nitrogens with zero attached hydrogens (tertiary/aromatic N) is 3. The van der Waals surface area contributed by atoms with E-state index in [9.17, 15) is 0 Å². The van der Waals surface area contributed by atoms with Crippen molar-refractivity contribution in [3.63, 3.8) is 0 Å². The lowest BCUT2D eigenvalue weighted by molar-refractivity contribution is 0.468. The Kier molecular flexibility index (Phi) is 4.29. The van der Waals surface area contributed by atoms with Crippen molar-refractivity contribution >= 4 is 38.3 Å². The molecule has 0 aliphatic heterocycles.